The highest BCUT2D eigenvalue weighted by Gasteiger charge is 2.36. The molecule has 2 heterocycles. The first-order valence-electron chi connectivity index (χ1n) is 7.77. The summed E-state index contributed by atoms with van der Waals surface area (Å²) in [7, 11) is 0. The summed E-state index contributed by atoms with van der Waals surface area (Å²) in [5, 5.41) is 18.8. The summed E-state index contributed by atoms with van der Waals surface area (Å²) in [5.41, 5.74) is 0.0939. The number of amidine groups is 1. The lowest BCUT2D eigenvalue weighted by Gasteiger charge is -2.20. The number of thiazole rings is 1. The molecular weight excluding hydrogens is 399 g/mol. The quantitative estimate of drug-likeness (QED) is 0.567. The van der Waals surface area contributed by atoms with Crippen LogP contribution in [0.15, 0.2) is 48.2 Å². The lowest BCUT2D eigenvalue weighted by atomic mass is 10.1. The van der Waals surface area contributed by atoms with Crippen LogP contribution in [0.2, 0.25) is 5.02 Å². The second kappa shape index (κ2) is 6.24. The fraction of sp³-hybridized carbons (Fsp3) is 0.111. The number of aliphatic hydroxyl groups excluding tert-OH is 1. The molecule has 0 spiro atoms. The average molecular weight is 410 g/mol. The lowest BCUT2D eigenvalue weighted by Crippen LogP contribution is -2.26. The molecule has 0 unspecified atom stereocenters. The van der Waals surface area contributed by atoms with Crippen molar-refractivity contribution in [3.63, 3.8) is 0 Å². The summed E-state index contributed by atoms with van der Waals surface area (Å²) < 4.78 is 40.3. The summed E-state index contributed by atoms with van der Waals surface area (Å²) in [4.78, 5) is 5.72. The van der Waals surface area contributed by atoms with Gasteiger partial charge in [-0.25, -0.2) is 4.98 Å². The summed E-state index contributed by atoms with van der Waals surface area (Å²) >= 11 is 6.97. The van der Waals surface area contributed by atoms with Gasteiger partial charge in [0.1, 0.15) is 16.6 Å². The van der Waals surface area contributed by atoms with Gasteiger partial charge in [-0.3, -0.25) is 5.41 Å². The molecule has 1 aromatic heterocycles. The maximum Gasteiger partial charge on any atom is 0.417 e. The highest BCUT2D eigenvalue weighted by atomic mass is 35.5. The van der Waals surface area contributed by atoms with Crippen LogP contribution in [0.1, 0.15) is 10.6 Å². The molecule has 0 fully saturated rings. The van der Waals surface area contributed by atoms with Crippen LogP contribution in [0, 0.1) is 5.41 Å². The van der Waals surface area contributed by atoms with Crippen molar-refractivity contribution in [3.8, 4) is 0 Å². The van der Waals surface area contributed by atoms with Crippen LogP contribution in [0.4, 0.5) is 18.9 Å². The average Bonchev–Trinajstić information content (AvgIpc) is 3.14. The molecule has 3 aromatic rings. The Morgan fingerprint density at radius 2 is 1.93 bits per heavy atom. The van der Waals surface area contributed by atoms with Gasteiger partial charge in [-0.15, -0.1) is 11.3 Å². The predicted octanol–water partition coefficient (Wildman–Crippen LogP) is 5.74. The Morgan fingerprint density at radius 3 is 2.63 bits per heavy atom. The van der Waals surface area contributed by atoms with Gasteiger partial charge in [-0.05, 0) is 30.3 Å². The number of hydrogen-bond acceptors (Lipinski definition) is 4. The van der Waals surface area contributed by atoms with Crippen molar-refractivity contribution in [1.29, 1.82) is 5.41 Å². The Morgan fingerprint density at radius 1 is 1.19 bits per heavy atom. The van der Waals surface area contributed by atoms with Crippen LogP contribution in [0.25, 0.3) is 15.8 Å². The number of anilines is 1. The van der Waals surface area contributed by atoms with E-state index in [1.807, 2.05) is 24.3 Å². The third-order valence-corrected chi connectivity index (χ3v) is 5.56. The van der Waals surface area contributed by atoms with Crippen molar-refractivity contribution in [2.75, 3.05) is 11.4 Å². The number of benzene rings is 2. The SMILES string of the molecule is N=C1C(c2nc3ccccc3s2)=C(O)CN1c1ccc(Cl)c(C(F)(F)F)c1. The van der Waals surface area contributed by atoms with Crippen LogP contribution in [0.3, 0.4) is 0 Å². The van der Waals surface area contributed by atoms with Crippen LogP contribution in [0.5, 0.6) is 0 Å². The second-order valence-corrected chi connectivity index (χ2v) is 7.34. The van der Waals surface area contributed by atoms with Crippen molar-refractivity contribution < 1.29 is 18.3 Å². The van der Waals surface area contributed by atoms with Crippen molar-refractivity contribution in [2.45, 2.75) is 6.18 Å². The number of nitrogens with one attached hydrogen (secondary N) is 1. The molecule has 0 atom stereocenters. The monoisotopic (exact) mass is 409 g/mol. The summed E-state index contributed by atoms with van der Waals surface area (Å²) in [6, 6.07) is 10.8. The summed E-state index contributed by atoms with van der Waals surface area (Å²) in [6.45, 7) is -0.108. The summed E-state index contributed by atoms with van der Waals surface area (Å²) in [6.07, 6.45) is -4.61. The van der Waals surface area contributed by atoms with Gasteiger partial charge in [0.2, 0.25) is 0 Å². The first-order chi connectivity index (χ1) is 12.8. The first-order valence-corrected chi connectivity index (χ1v) is 8.96. The van der Waals surface area contributed by atoms with Gasteiger partial charge in [-0.2, -0.15) is 13.2 Å². The predicted molar refractivity (Wildman–Crippen MR) is 101 cm³/mol. The minimum absolute atomic E-state index is 0.108. The fourth-order valence-corrected chi connectivity index (χ4v) is 4.16. The normalized spacial score (nSPS) is 15.3. The van der Waals surface area contributed by atoms with Gasteiger partial charge >= 0.3 is 6.18 Å². The molecule has 0 saturated carbocycles. The number of para-hydroxylation sites is 1. The molecule has 0 aliphatic carbocycles. The molecule has 138 valence electrons. The number of aliphatic hydroxyl groups is 1. The fourth-order valence-electron chi connectivity index (χ4n) is 2.90. The number of aromatic nitrogens is 1. The lowest BCUT2D eigenvalue weighted by molar-refractivity contribution is -0.137. The molecule has 27 heavy (non-hydrogen) atoms. The molecule has 0 bridgehead atoms. The minimum Gasteiger partial charge on any atom is -0.510 e. The molecule has 0 amide bonds. The first kappa shape index (κ1) is 17.8. The van der Waals surface area contributed by atoms with E-state index in [4.69, 9.17) is 17.0 Å². The van der Waals surface area contributed by atoms with Gasteiger partial charge in [0.25, 0.3) is 0 Å². The van der Waals surface area contributed by atoms with E-state index >= 15 is 0 Å². The number of nitrogens with zero attached hydrogens (tertiary/aromatic N) is 2. The van der Waals surface area contributed by atoms with E-state index < -0.39 is 16.8 Å². The number of halogens is 4. The van der Waals surface area contributed by atoms with E-state index in [1.54, 1.807) is 0 Å². The van der Waals surface area contributed by atoms with Gasteiger partial charge in [-0.1, -0.05) is 23.7 Å². The maximum atomic E-state index is 13.1. The molecule has 2 aromatic carbocycles. The second-order valence-electron chi connectivity index (χ2n) is 5.91. The van der Waals surface area contributed by atoms with E-state index in [9.17, 15) is 18.3 Å². The molecule has 1 aliphatic rings. The van der Waals surface area contributed by atoms with E-state index in [1.165, 1.54) is 22.3 Å². The van der Waals surface area contributed by atoms with Crippen LogP contribution >= 0.6 is 22.9 Å². The third-order valence-electron chi connectivity index (χ3n) is 4.18. The Balaban J connectivity index is 1.72. The van der Waals surface area contributed by atoms with Gasteiger partial charge in [0.05, 0.1) is 32.9 Å². The van der Waals surface area contributed by atoms with Gasteiger partial charge in [0.15, 0.2) is 0 Å². The summed E-state index contributed by atoms with van der Waals surface area (Å²) in [5.74, 6) is -0.218. The number of alkyl halides is 3. The number of fused-ring (bicyclic) bond motifs is 1. The Bertz CT molecular complexity index is 1070. The highest BCUT2D eigenvalue weighted by Crippen LogP contribution is 2.39. The number of hydrogen-bond donors (Lipinski definition) is 2. The van der Waals surface area contributed by atoms with Crippen LogP contribution in [-0.2, 0) is 6.18 Å². The molecule has 9 heteroatoms. The van der Waals surface area contributed by atoms with Crippen molar-refractivity contribution >= 4 is 50.3 Å². The zero-order valence-corrected chi connectivity index (χ0v) is 15.1. The van der Waals surface area contributed by atoms with Crippen LogP contribution in [-0.4, -0.2) is 22.5 Å². The zero-order chi connectivity index (χ0) is 19.3. The number of rotatable bonds is 2. The molecule has 1 aliphatic heterocycles. The standard InChI is InChI=1S/C18H11ClF3N3OS/c19-11-6-5-9(7-10(11)18(20,21)22)25-8-13(26)15(16(25)23)17-24-12-3-1-2-4-14(12)27-17/h1-7,23,26H,8H2. The van der Waals surface area contributed by atoms with E-state index in [0.717, 1.165) is 22.3 Å². The van der Waals surface area contributed by atoms with Crippen molar-refractivity contribution in [1.82, 2.24) is 4.98 Å². The highest BCUT2D eigenvalue weighted by molar-refractivity contribution is 7.19. The third kappa shape index (κ3) is 3.04. The maximum absolute atomic E-state index is 13.1. The van der Waals surface area contributed by atoms with Crippen molar-refractivity contribution in [3.05, 3.63) is 63.8 Å². The molecule has 0 saturated heterocycles. The molecule has 4 nitrogen and oxygen atoms in total. The molecular formula is C18H11ClF3N3OS. The van der Waals surface area contributed by atoms with E-state index in [0.29, 0.717) is 5.01 Å². The van der Waals surface area contributed by atoms with Gasteiger partial charge in [0, 0.05) is 5.69 Å². The molecule has 4 rings (SSSR count). The molecule has 2 N–H and O–H groups in total. The van der Waals surface area contributed by atoms with Crippen molar-refractivity contribution in [2.24, 2.45) is 0 Å². The minimum atomic E-state index is -4.61. The topological polar surface area (TPSA) is 60.2 Å². The van der Waals surface area contributed by atoms with Gasteiger partial charge < -0.3 is 10.0 Å². The molecule has 0 radical (unpaired) electrons. The Hall–Kier alpha value is -2.58. The smallest absolute Gasteiger partial charge is 0.417 e. The zero-order valence-electron chi connectivity index (χ0n) is 13.5. The van der Waals surface area contributed by atoms with E-state index in [-0.39, 0.29) is 29.4 Å². The van der Waals surface area contributed by atoms with E-state index in [2.05, 4.69) is 4.98 Å². The van der Waals surface area contributed by atoms with Crippen LogP contribution < -0.4 is 4.90 Å². The largest absolute Gasteiger partial charge is 0.510 e. The Kier molecular flexibility index (Phi) is 4.12. The Labute approximate surface area is 160 Å².